The highest BCUT2D eigenvalue weighted by atomic mass is 79.9. The van der Waals surface area contributed by atoms with Crippen LogP contribution in [0.15, 0.2) is 28.7 Å². The van der Waals surface area contributed by atoms with Gasteiger partial charge in [-0.25, -0.2) is 4.79 Å². The number of aromatic carboxylic acids is 1. The predicted octanol–water partition coefficient (Wildman–Crippen LogP) is 4.22. The molecule has 0 bridgehead atoms. The van der Waals surface area contributed by atoms with Crippen molar-refractivity contribution in [2.45, 2.75) is 20.4 Å². The zero-order chi connectivity index (χ0) is 15.1. The Hall–Kier alpha value is -1.66. The van der Waals surface area contributed by atoms with E-state index in [2.05, 4.69) is 21.0 Å². The molecule has 0 unspecified atom stereocenters. The third-order valence-electron chi connectivity index (χ3n) is 3.49. The Morgan fingerprint density at radius 2 is 2.10 bits per heavy atom. The number of hydrogen-bond donors (Lipinski definition) is 1. The largest absolute Gasteiger partial charge is 0.477 e. The van der Waals surface area contributed by atoms with Crippen LogP contribution in [0.4, 0.5) is 0 Å². The zero-order valence-electron chi connectivity index (χ0n) is 11.6. The first kappa shape index (κ1) is 14.3. The molecule has 108 valence electrons. The molecule has 21 heavy (non-hydrogen) atoms. The number of carboxylic acids is 1. The minimum atomic E-state index is -0.883. The van der Waals surface area contributed by atoms with Crippen molar-refractivity contribution in [3.05, 3.63) is 50.6 Å². The quantitative estimate of drug-likeness (QED) is 0.756. The summed E-state index contributed by atoms with van der Waals surface area (Å²) >= 11 is 4.82. The Labute approximate surface area is 134 Å². The lowest BCUT2D eigenvalue weighted by molar-refractivity contribution is 0.0701. The Bertz CT molecular complexity index is 851. The van der Waals surface area contributed by atoms with Gasteiger partial charge in [0.1, 0.15) is 4.88 Å². The molecule has 0 aliphatic carbocycles. The van der Waals surface area contributed by atoms with Crippen LogP contribution in [0.2, 0.25) is 0 Å². The number of nitrogens with zero attached hydrogens (tertiary/aromatic N) is 2. The summed E-state index contributed by atoms with van der Waals surface area (Å²) in [6, 6.07) is 7.77. The highest BCUT2D eigenvalue weighted by molar-refractivity contribution is 9.10. The van der Waals surface area contributed by atoms with Gasteiger partial charge in [0.05, 0.1) is 22.4 Å². The number of carbonyl (C=O) groups is 1. The van der Waals surface area contributed by atoms with Gasteiger partial charge in [-0.05, 0) is 41.2 Å². The summed E-state index contributed by atoms with van der Waals surface area (Å²) in [4.78, 5) is 11.9. The molecule has 3 rings (SSSR count). The van der Waals surface area contributed by atoms with Crippen molar-refractivity contribution < 1.29 is 9.90 Å². The van der Waals surface area contributed by atoms with Crippen molar-refractivity contribution in [3.8, 4) is 0 Å². The Morgan fingerprint density at radius 3 is 2.71 bits per heavy atom. The van der Waals surface area contributed by atoms with E-state index in [1.807, 2.05) is 42.8 Å². The molecular formula is C15H13BrN2O2S. The summed E-state index contributed by atoms with van der Waals surface area (Å²) < 4.78 is 3.81. The van der Waals surface area contributed by atoms with Gasteiger partial charge >= 0.3 is 5.97 Å². The number of aryl methyl sites for hydroxylation is 1. The zero-order valence-corrected chi connectivity index (χ0v) is 14.0. The van der Waals surface area contributed by atoms with E-state index in [4.69, 9.17) is 0 Å². The SMILES string of the molecule is Cc1nn(Cc2c(C(=O)O)sc3ccccc23)c(C)c1Br. The van der Waals surface area contributed by atoms with Crippen LogP contribution in [0.1, 0.15) is 26.6 Å². The minimum Gasteiger partial charge on any atom is -0.477 e. The van der Waals surface area contributed by atoms with Crippen LogP contribution in [0.3, 0.4) is 0 Å². The fourth-order valence-electron chi connectivity index (χ4n) is 2.41. The Kier molecular flexibility index (Phi) is 3.59. The molecule has 0 amide bonds. The molecule has 0 aliphatic rings. The number of aromatic nitrogens is 2. The van der Waals surface area contributed by atoms with Gasteiger partial charge in [0, 0.05) is 10.3 Å². The van der Waals surface area contributed by atoms with E-state index in [1.165, 1.54) is 11.3 Å². The second-order valence-corrected chi connectivity index (χ2v) is 6.70. The van der Waals surface area contributed by atoms with Gasteiger partial charge in [0.2, 0.25) is 0 Å². The summed E-state index contributed by atoms with van der Waals surface area (Å²) in [5.74, 6) is -0.883. The second-order valence-electron chi connectivity index (χ2n) is 4.85. The molecular weight excluding hydrogens is 352 g/mol. The lowest BCUT2D eigenvalue weighted by Crippen LogP contribution is -2.07. The normalized spacial score (nSPS) is 11.2. The van der Waals surface area contributed by atoms with Gasteiger partial charge in [-0.15, -0.1) is 11.3 Å². The fraction of sp³-hybridized carbons (Fsp3) is 0.200. The lowest BCUT2D eigenvalue weighted by Gasteiger charge is -2.05. The molecule has 0 spiro atoms. The van der Waals surface area contributed by atoms with Gasteiger partial charge in [-0.1, -0.05) is 18.2 Å². The van der Waals surface area contributed by atoms with Crippen LogP contribution in [0.25, 0.3) is 10.1 Å². The number of carboxylic acid groups (broad SMARTS) is 1. The molecule has 1 N–H and O–H groups in total. The first-order valence-electron chi connectivity index (χ1n) is 6.42. The Balaban J connectivity index is 2.17. The van der Waals surface area contributed by atoms with E-state index in [0.717, 1.165) is 31.5 Å². The summed E-state index contributed by atoms with van der Waals surface area (Å²) in [5.41, 5.74) is 2.73. The molecule has 2 aromatic heterocycles. The van der Waals surface area contributed by atoms with Gasteiger partial charge in [0.15, 0.2) is 0 Å². The van der Waals surface area contributed by atoms with Crippen LogP contribution in [0.5, 0.6) is 0 Å². The second kappa shape index (κ2) is 5.27. The van der Waals surface area contributed by atoms with E-state index in [9.17, 15) is 9.90 Å². The maximum absolute atomic E-state index is 11.5. The van der Waals surface area contributed by atoms with Crippen molar-refractivity contribution in [2.75, 3.05) is 0 Å². The maximum Gasteiger partial charge on any atom is 0.346 e. The molecule has 3 aromatic rings. The number of thiophene rings is 1. The lowest BCUT2D eigenvalue weighted by atomic mass is 10.1. The molecule has 2 heterocycles. The topological polar surface area (TPSA) is 55.1 Å². The molecule has 0 fully saturated rings. The van der Waals surface area contributed by atoms with Crippen LogP contribution >= 0.6 is 27.3 Å². The summed E-state index contributed by atoms with van der Waals surface area (Å²) in [5, 5.41) is 14.9. The van der Waals surface area contributed by atoms with Crippen LogP contribution < -0.4 is 0 Å². The molecule has 0 saturated carbocycles. The molecule has 0 atom stereocenters. The van der Waals surface area contributed by atoms with Crippen molar-refractivity contribution in [2.24, 2.45) is 0 Å². The molecule has 0 aliphatic heterocycles. The maximum atomic E-state index is 11.5. The van der Waals surface area contributed by atoms with Crippen molar-refractivity contribution in [3.63, 3.8) is 0 Å². The number of hydrogen-bond acceptors (Lipinski definition) is 3. The first-order valence-corrected chi connectivity index (χ1v) is 8.03. The van der Waals surface area contributed by atoms with Gasteiger partial charge in [0.25, 0.3) is 0 Å². The van der Waals surface area contributed by atoms with Gasteiger partial charge < -0.3 is 5.11 Å². The predicted molar refractivity (Wildman–Crippen MR) is 87.3 cm³/mol. The summed E-state index contributed by atoms with van der Waals surface area (Å²) in [6.07, 6.45) is 0. The molecule has 0 saturated heterocycles. The minimum absolute atomic E-state index is 0.389. The Morgan fingerprint density at radius 1 is 1.38 bits per heavy atom. The third kappa shape index (κ3) is 2.38. The molecule has 6 heteroatoms. The average Bonchev–Trinajstić information content (AvgIpc) is 2.94. The van der Waals surface area contributed by atoms with E-state index >= 15 is 0 Å². The number of benzene rings is 1. The molecule has 0 radical (unpaired) electrons. The first-order chi connectivity index (χ1) is 9.99. The monoisotopic (exact) mass is 364 g/mol. The summed E-state index contributed by atoms with van der Waals surface area (Å²) in [7, 11) is 0. The van der Waals surface area contributed by atoms with E-state index < -0.39 is 5.97 Å². The smallest absolute Gasteiger partial charge is 0.346 e. The van der Waals surface area contributed by atoms with Crippen LogP contribution in [-0.2, 0) is 6.54 Å². The van der Waals surface area contributed by atoms with Crippen molar-refractivity contribution in [1.29, 1.82) is 0 Å². The van der Waals surface area contributed by atoms with Crippen molar-refractivity contribution >= 4 is 43.3 Å². The van der Waals surface area contributed by atoms with Gasteiger partial charge in [-0.2, -0.15) is 5.10 Å². The van der Waals surface area contributed by atoms with E-state index in [-0.39, 0.29) is 0 Å². The number of halogens is 1. The van der Waals surface area contributed by atoms with E-state index in [0.29, 0.717) is 11.4 Å². The van der Waals surface area contributed by atoms with Crippen LogP contribution in [-0.4, -0.2) is 20.9 Å². The number of rotatable bonds is 3. The molecule has 1 aromatic carbocycles. The van der Waals surface area contributed by atoms with Crippen LogP contribution in [0, 0.1) is 13.8 Å². The van der Waals surface area contributed by atoms with Crippen molar-refractivity contribution in [1.82, 2.24) is 9.78 Å². The third-order valence-corrected chi connectivity index (χ3v) is 5.84. The van der Waals surface area contributed by atoms with Gasteiger partial charge in [-0.3, -0.25) is 4.68 Å². The average molecular weight is 365 g/mol. The van der Waals surface area contributed by atoms with E-state index in [1.54, 1.807) is 0 Å². The summed E-state index contributed by atoms with van der Waals surface area (Å²) in [6.45, 7) is 4.36. The fourth-order valence-corrected chi connectivity index (χ4v) is 3.74. The molecule has 4 nitrogen and oxygen atoms in total. The standard InChI is InChI=1S/C15H13BrN2O2S/c1-8-13(16)9(2)18(17-8)7-11-10-5-3-4-6-12(10)21-14(11)15(19)20/h3-6H,7H2,1-2H3,(H,19,20). The highest BCUT2D eigenvalue weighted by Gasteiger charge is 2.19. The number of fused-ring (bicyclic) bond motifs is 1. The highest BCUT2D eigenvalue weighted by Crippen LogP contribution is 2.32.